The van der Waals surface area contributed by atoms with Gasteiger partial charge in [-0.3, -0.25) is 9.59 Å². The zero-order valence-corrected chi connectivity index (χ0v) is 15.4. The van der Waals surface area contributed by atoms with Crippen LogP contribution in [0.5, 0.6) is 0 Å². The van der Waals surface area contributed by atoms with Crippen LogP contribution < -0.4 is 10.7 Å². The number of aryl methyl sites for hydroxylation is 2. The SMILES string of the molecule is Cc1ccc2oc(C(=O)Nc3ccc(Cc4nnc(C)o4)cc3)cc(=O)c2c1. The topological polar surface area (TPSA) is 98.2 Å². The summed E-state index contributed by atoms with van der Waals surface area (Å²) in [6.07, 6.45) is 0.508. The fourth-order valence-corrected chi connectivity index (χ4v) is 2.86. The van der Waals surface area contributed by atoms with Gasteiger partial charge in [0.15, 0.2) is 11.2 Å². The highest BCUT2D eigenvalue weighted by Crippen LogP contribution is 2.17. The summed E-state index contributed by atoms with van der Waals surface area (Å²) in [4.78, 5) is 24.7. The van der Waals surface area contributed by atoms with Crippen LogP contribution in [0.15, 0.2) is 62.2 Å². The summed E-state index contributed by atoms with van der Waals surface area (Å²) in [5, 5.41) is 10.9. The van der Waals surface area contributed by atoms with E-state index in [1.54, 1.807) is 31.2 Å². The van der Waals surface area contributed by atoms with Crippen molar-refractivity contribution in [2.45, 2.75) is 20.3 Å². The second-order valence-electron chi connectivity index (χ2n) is 6.52. The second kappa shape index (κ2) is 7.11. The number of nitrogens with zero attached hydrogens (tertiary/aromatic N) is 2. The molecular formula is C21H17N3O4. The van der Waals surface area contributed by atoms with E-state index in [9.17, 15) is 9.59 Å². The van der Waals surface area contributed by atoms with E-state index >= 15 is 0 Å². The molecule has 0 radical (unpaired) electrons. The van der Waals surface area contributed by atoms with E-state index in [2.05, 4.69) is 15.5 Å². The quantitative estimate of drug-likeness (QED) is 0.585. The van der Waals surface area contributed by atoms with Crippen molar-refractivity contribution in [2.75, 3.05) is 5.32 Å². The van der Waals surface area contributed by atoms with Crippen LogP contribution in [0.3, 0.4) is 0 Å². The largest absolute Gasteiger partial charge is 0.451 e. The summed E-state index contributed by atoms with van der Waals surface area (Å²) < 4.78 is 11.0. The summed E-state index contributed by atoms with van der Waals surface area (Å²) >= 11 is 0. The average Bonchev–Trinajstić information content (AvgIpc) is 3.08. The minimum absolute atomic E-state index is 0.0354. The van der Waals surface area contributed by atoms with Gasteiger partial charge in [0.2, 0.25) is 11.8 Å². The molecule has 1 amide bonds. The van der Waals surface area contributed by atoms with Gasteiger partial charge in [0, 0.05) is 18.7 Å². The van der Waals surface area contributed by atoms with Gasteiger partial charge in [-0.1, -0.05) is 23.8 Å². The molecule has 0 atom stereocenters. The molecule has 28 heavy (non-hydrogen) atoms. The Bertz CT molecular complexity index is 1220. The van der Waals surface area contributed by atoms with Crippen molar-refractivity contribution in [1.82, 2.24) is 10.2 Å². The molecule has 0 aliphatic rings. The van der Waals surface area contributed by atoms with Crippen molar-refractivity contribution < 1.29 is 13.6 Å². The van der Waals surface area contributed by atoms with E-state index in [1.807, 2.05) is 25.1 Å². The van der Waals surface area contributed by atoms with Crippen molar-refractivity contribution in [3.63, 3.8) is 0 Å². The third-order valence-electron chi connectivity index (χ3n) is 4.24. The lowest BCUT2D eigenvalue weighted by atomic mass is 10.1. The lowest BCUT2D eigenvalue weighted by Gasteiger charge is -2.06. The highest BCUT2D eigenvalue weighted by Gasteiger charge is 2.13. The molecule has 0 bridgehead atoms. The van der Waals surface area contributed by atoms with Crippen molar-refractivity contribution in [3.8, 4) is 0 Å². The number of hydrogen-bond donors (Lipinski definition) is 1. The fraction of sp³-hybridized carbons (Fsp3) is 0.143. The molecule has 2 aromatic heterocycles. The first kappa shape index (κ1) is 17.7. The maximum atomic E-state index is 12.5. The molecule has 0 spiro atoms. The average molecular weight is 375 g/mol. The highest BCUT2D eigenvalue weighted by molar-refractivity contribution is 6.03. The number of nitrogens with one attached hydrogen (secondary N) is 1. The number of carbonyl (C=O) groups excluding carboxylic acids is 1. The molecule has 7 heteroatoms. The third kappa shape index (κ3) is 3.68. The predicted octanol–water partition coefficient (Wildman–Crippen LogP) is 3.64. The molecule has 0 aliphatic carbocycles. The van der Waals surface area contributed by atoms with Crippen LogP contribution >= 0.6 is 0 Å². The number of hydrogen-bond acceptors (Lipinski definition) is 6. The Hall–Kier alpha value is -3.74. The summed E-state index contributed by atoms with van der Waals surface area (Å²) in [6, 6.07) is 13.7. The minimum atomic E-state index is -0.486. The minimum Gasteiger partial charge on any atom is -0.451 e. The first-order valence-electron chi connectivity index (χ1n) is 8.72. The highest BCUT2D eigenvalue weighted by atomic mass is 16.4. The molecule has 2 heterocycles. The Morgan fingerprint density at radius 2 is 1.79 bits per heavy atom. The predicted molar refractivity (Wildman–Crippen MR) is 103 cm³/mol. The van der Waals surface area contributed by atoms with Crippen molar-refractivity contribution in [1.29, 1.82) is 0 Å². The Kier molecular flexibility index (Phi) is 4.49. The number of benzene rings is 2. The molecule has 7 nitrogen and oxygen atoms in total. The first-order chi connectivity index (χ1) is 13.5. The molecule has 0 unspecified atom stereocenters. The van der Waals surface area contributed by atoms with Gasteiger partial charge < -0.3 is 14.2 Å². The Morgan fingerprint density at radius 3 is 2.50 bits per heavy atom. The van der Waals surface area contributed by atoms with Crippen molar-refractivity contribution in [2.24, 2.45) is 0 Å². The number of carbonyl (C=O) groups is 1. The third-order valence-corrected chi connectivity index (χ3v) is 4.24. The molecule has 2 aromatic carbocycles. The van der Waals surface area contributed by atoms with Crippen LogP contribution in [0.25, 0.3) is 11.0 Å². The molecule has 140 valence electrons. The molecule has 0 fully saturated rings. The summed E-state index contributed by atoms with van der Waals surface area (Å²) in [5.74, 6) is 0.528. The van der Waals surface area contributed by atoms with Gasteiger partial charge in [-0.05, 0) is 36.8 Å². The summed E-state index contributed by atoms with van der Waals surface area (Å²) in [5.41, 5.74) is 2.64. The molecule has 0 saturated carbocycles. The monoisotopic (exact) mass is 375 g/mol. The molecule has 0 saturated heterocycles. The van der Waals surface area contributed by atoms with Gasteiger partial charge >= 0.3 is 0 Å². The summed E-state index contributed by atoms with van der Waals surface area (Å²) in [7, 11) is 0. The van der Waals surface area contributed by atoms with Gasteiger partial charge in [0.25, 0.3) is 5.91 Å². The van der Waals surface area contributed by atoms with E-state index in [4.69, 9.17) is 8.83 Å². The molecule has 4 aromatic rings. The zero-order chi connectivity index (χ0) is 19.7. The Balaban J connectivity index is 1.51. The van der Waals surface area contributed by atoms with Gasteiger partial charge in [0.1, 0.15) is 5.58 Å². The van der Waals surface area contributed by atoms with Gasteiger partial charge in [-0.2, -0.15) is 0 Å². The molecule has 0 aliphatic heterocycles. The number of anilines is 1. The normalized spacial score (nSPS) is 10.9. The first-order valence-corrected chi connectivity index (χ1v) is 8.72. The van der Waals surface area contributed by atoms with E-state index in [0.29, 0.717) is 34.9 Å². The maximum absolute atomic E-state index is 12.5. The Morgan fingerprint density at radius 1 is 1.00 bits per heavy atom. The number of aromatic nitrogens is 2. The van der Waals surface area contributed by atoms with Crippen LogP contribution in [0.2, 0.25) is 0 Å². The van der Waals surface area contributed by atoms with Gasteiger partial charge in [0.05, 0.1) is 11.8 Å². The summed E-state index contributed by atoms with van der Waals surface area (Å²) in [6.45, 7) is 3.63. The smallest absolute Gasteiger partial charge is 0.291 e. The number of rotatable bonds is 4. The number of fused-ring (bicyclic) bond motifs is 1. The standard InChI is InChI=1S/C21H17N3O4/c1-12-3-8-18-16(9-12)17(25)11-19(28-18)21(26)22-15-6-4-14(5-7-15)10-20-24-23-13(2)27-20/h3-9,11H,10H2,1-2H3,(H,22,26). The lowest BCUT2D eigenvalue weighted by molar-refractivity contribution is 0.0997. The van der Waals surface area contributed by atoms with Crippen LogP contribution in [0.4, 0.5) is 5.69 Å². The van der Waals surface area contributed by atoms with Crippen LogP contribution in [-0.2, 0) is 6.42 Å². The fourth-order valence-electron chi connectivity index (χ4n) is 2.86. The molecular weight excluding hydrogens is 358 g/mol. The van der Waals surface area contributed by atoms with Crippen molar-refractivity contribution >= 4 is 22.6 Å². The molecule has 4 rings (SSSR count). The molecule has 1 N–H and O–H groups in total. The van der Waals surface area contributed by atoms with Gasteiger partial charge in [-0.25, -0.2) is 0 Å². The van der Waals surface area contributed by atoms with Crippen LogP contribution in [0.1, 0.15) is 33.5 Å². The second-order valence-corrected chi connectivity index (χ2v) is 6.52. The maximum Gasteiger partial charge on any atom is 0.291 e. The van der Waals surface area contributed by atoms with Crippen LogP contribution in [0, 0.1) is 13.8 Å². The van der Waals surface area contributed by atoms with Gasteiger partial charge in [-0.15, -0.1) is 10.2 Å². The number of amides is 1. The Labute approximate surface area is 160 Å². The van der Waals surface area contributed by atoms with Crippen molar-refractivity contribution in [3.05, 3.63) is 87.4 Å². The van der Waals surface area contributed by atoms with E-state index in [-0.39, 0.29) is 11.2 Å². The van der Waals surface area contributed by atoms with E-state index in [0.717, 1.165) is 11.1 Å². The van der Waals surface area contributed by atoms with E-state index < -0.39 is 5.91 Å². The zero-order valence-electron chi connectivity index (χ0n) is 15.4. The van der Waals surface area contributed by atoms with E-state index in [1.165, 1.54) is 6.07 Å². The lowest BCUT2D eigenvalue weighted by Crippen LogP contribution is -2.15. The van der Waals surface area contributed by atoms with Crippen LogP contribution in [-0.4, -0.2) is 16.1 Å².